The number of nitro benzene ring substituents is 1. The molecule has 0 spiro atoms. The number of carbonyl (C=O) groups is 1. The van der Waals surface area contributed by atoms with Crippen molar-refractivity contribution in [3.63, 3.8) is 0 Å². The lowest BCUT2D eigenvalue weighted by Gasteiger charge is -2.10. The first-order valence-electron chi connectivity index (χ1n) is 5.38. The van der Waals surface area contributed by atoms with Gasteiger partial charge in [-0.15, -0.1) is 12.4 Å². The van der Waals surface area contributed by atoms with E-state index >= 15 is 0 Å². The molecule has 0 fully saturated rings. The summed E-state index contributed by atoms with van der Waals surface area (Å²) in [6.45, 7) is 2.88. The Bertz CT molecular complexity index is 470. The summed E-state index contributed by atoms with van der Waals surface area (Å²) >= 11 is 3.15. The summed E-state index contributed by atoms with van der Waals surface area (Å²) in [5.74, 6) is -0.0946. The van der Waals surface area contributed by atoms with E-state index in [4.69, 9.17) is 5.73 Å². The summed E-state index contributed by atoms with van der Waals surface area (Å²) in [6.07, 6.45) is 0. The molecule has 0 bridgehead atoms. The van der Waals surface area contributed by atoms with Crippen LogP contribution in [0.4, 0.5) is 5.69 Å². The third-order valence-electron chi connectivity index (χ3n) is 2.42. The van der Waals surface area contributed by atoms with Crippen LogP contribution in [-0.2, 0) is 0 Å². The average Bonchev–Trinajstić information content (AvgIpc) is 2.35. The SMILES string of the molecule is CC(CN)CNC(=O)c1ccc([N+](=O)[O-])cc1Br.Cl. The smallest absolute Gasteiger partial charge is 0.270 e. The Morgan fingerprint density at radius 1 is 1.58 bits per heavy atom. The summed E-state index contributed by atoms with van der Waals surface area (Å²) in [7, 11) is 0. The molecule has 0 heterocycles. The van der Waals surface area contributed by atoms with Crippen LogP contribution in [0.1, 0.15) is 17.3 Å². The van der Waals surface area contributed by atoms with Crippen molar-refractivity contribution in [2.45, 2.75) is 6.92 Å². The number of carbonyl (C=O) groups excluding carboxylic acids is 1. The number of non-ortho nitro benzene ring substituents is 1. The Balaban J connectivity index is 0.00000324. The first-order valence-corrected chi connectivity index (χ1v) is 6.17. The van der Waals surface area contributed by atoms with E-state index in [2.05, 4.69) is 21.2 Å². The van der Waals surface area contributed by atoms with Crippen LogP contribution in [0.25, 0.3) is 0 Å². The van der Waals surface area contributed by atoms with Gasteiger partial charge in [0.2, 0.25) is 0 Å². The van der Waals surface area contributed by atoms with Crippen LogP contribution < -0.4 is 11.1 Å². The molecule has 6 nitrogen and oxygen atoms in total. The number of nitrogens with zero attached hydrogens (tertiary/aromatic N) is 1. The Labute approximate surface area is 125 Å². The highest BCUT2D eigenvalue weighted by Gasteiger charge is 2.14. The average molecular weight is 353 g/mol. The van der Waals surface area contributed by atoms with Crippen molar-refractivity contribution in [1.29, 1.82) is 0 Å². The highest BCUT2D eigenvalue weighted by molar-refractivity contribution is 9.10. The Hall–Kier alpha value is -1.18. The van der Waals surface area contributed by atoms with Crippen molar-refractivity contribution < 1.29 is 9.72 Å². The quantitative estimate of drug-likeness (QED) is 0.626. The monoisotopic (exact) mass is 351 g/mol. The van der Waals surface area contributed by atoms with Crippen molar-refractivity contribution in [2.24, 2.45) is 11.7 Å². The molecule has 1 rings (SSSR count). The van der Waals surface area contributed by atoms with E-state index in [1.165, 1.54) is 18.2 Å². The number of nitrogens with two attached hydrogens (primary N) is 1. The van der Waals surface area contributed by atoms with Crippen molar-refractivity contribution in [2.75, 3.05) is 13.1 Å². The summed E-state index contributed by atoms with van der Waals surface area (Å²) < 4.78 is 0.398. The third-order valence-corrected chi connectivity index (χ3v) is 3.08. The third kappa shape index (κ3) is 5.14. The van der Waals surface area contributed by atoms with Gasteiger partial charge in [0.25, 0.3) is 11.6 Å². The van der Waals surface area contributed by atoms with E-state index in [1.807, 2.05) is 6.92 Å². The van der Waals surface area contributed by atoms with E-state index in [0.717, 1.165) is 0 Å². The Kier molecular flexibility index (Phi) is 7.58. The summed E-state index contributed by atoms with van der Waals surface area (Å²) in [5, 5.41) is 13.3. The number of amides is 1. The van der Waals surface area contributed by atoms with Crippen LogP contribution in [0.3, 0.4) is 0 Å². The maximum Gasteiger partial charge on any atom is 0.270 e. The van der Waals surface area contributed by atoms with Crippen LogP contribution in [-0.4, -0.2) is 23.9 Å². The second kappa shape index (κ2) is 8.08. The fourth-order valence-electron chi connectivity index (χ4n) is 1.25. The summed E-state index contributed by atoms with van der Waals surface area (Å²) in [6, 6.07) is 4.03. The molecule has 3 N–H and O–H groups in total. The van der Waals surface area contributed by atoms with Gasteiger partial charge in [-0.3, -0.25) is 14.9 Å². The van der Waals surface area contributed by atoms with E-state index in [9.17, 15) is 14.9 Å². The molecule has 106 valence electrons. The van der Waals surface area contributed by atoms with Crippen molar-refractivity contribution in [3.05, 3.63) is 38.3 Å². The van der Waals surface area contributed by atoms with Gasteiger partial charge in [-0.05, 0) is 34.5 Å². The van der Waals surface area contributed by atoms with Crippen LogP contribution in [0.2, 0.25) is 0 Å². The predicted molar refractivity (Wildman–Crippen MR) is 78.6 cm³/mol. The largest absolute Gasteiger partial charge is 0.352 e. The zero-order chi connectivity index (χ0) is 13.7. The number of halogens is 2. The fourth-order valence-corrected chi connectivity index (χ4v) is 1.79. The van der Waals surface area contributed by atoms with E-state index in [1.54, 1.807) is 0 Å². The molecule has 0 aliphatic heterocycles. The van der Waals surface area contributed by atoms with E-state index < -0.39 is 4.92 Å². The van der Waals surface area contributed by atoms with Crippen LogP contribution >= 0.6 is 28.3 Å². The Morgan fingerprint density at radius 3 is 2.68 bits per heavy atom. The van der Waals surface area contributed by atoms with Gasteiger partial charge in [0.05, 0.1) is 10.5 Å². The molecule has 1 unspecified atom stereocenters. The molecule has 1 amide bonds. The second-order valence-electron chi connectivity index (χ2n) is 3.97. The number of nitro groups is 1. The number of nitrogens with one attached hydrogen (secondary N) is 1. The van der Waals surface area contributed by atoms with Crippen molar-refractivity contribution in [3.8, 4) is 0 Å². The van der Waals surface area contributed by atoms with Crippen LogP contribution in [0.5, 0.6) is 0 Å². The standard InChI is InChI=1S/C11H14BrN3O3.ClH/c1-7(5-13)6-14-11(16)9-3-2-8(15(17)18)4-10(9)12;/h2-4,7H,5-6,13H2,1H3,(H,14,16);1H. The molecule has 1 atom stereocenters. The zero-order valence-electron chi connectivity index (χ0n) is 10.3. The fraction of sp³-hybridized carbons (Fsp3) is 0.364. The Morgan fingerprint density at radius 2 is 2.21 bits per heavy atom. The molecule has 1 aromatic carbocycles. The van der Waals surface area contributed by atoms with Gasteiger partial charge >= 0.3 is 0 Å². The molecular formula is C11H15BrClN3O3. The zero-order valence-corrected chi connectivity index (χ0v) is 12.7. The number of rotatable bonds is 5. The highest BCUT2D eigenvalue weighted by Crippen LogP contribution is 2.22. The first kappa shape index (κ1) is 17.8. The maximum atomic E-state index is 11.8. The minimum Gasteiger partial charge on any atom is -0.352 e. The van der Waals surface area contributed by atoms with Crippen LogP contribution in [0.15, 0.2) is 22.7 Å². The van der Waals surface area contributed by atoms with Gasteiger partial charge in [0, 0.05) is 23.2 Å². The minimum atomic E-state index is -0.511. The lowest BCUT2D eigenvalue weighted by Crippen LogP contribution is -2.31. The van der Waals surface area contributed by atoms with Crippen LogP contribution in [0, 0.1) is 16.0 Å². The lowest BCUT2D eigenvalue weighted by molar-refractivity contribution is -0.384. The maximum absolute atomic E-state index is 11.8. The van der Waals surface area contributed by atoms with Gasteiger partial charge in [-0.1, -0.05) is 6.92 Å². The lowest BCUT2D eigenvalue weighted by atomic mass is 10.1. The second-order valence-corrected chi connectivity index (χ2v) is 4.83. The van der Waals surface area contributed by atoms with Gasteiger partial charge < -0.3 is 11.1 Å². The molecule has 0 saturated carbocycles. The molecule has 0 radical (unpaired) electrons. The number of hydrogen-bond acceptors (Lipinski definition) is 4. The van der Waals surface area contributed by atoms with Gasteiger partial charge in [0.15, 0.2) is 0 Å². The summed E-state index contributed by atoms with van der Waals surface area (Å²) in [4.78, 5) is 21.9. The topological polar surface area (TPSA) is 98.3 Å². The highest BCUT2D eigenvalue weighted by atomic mass is 79.9. The molecule has 0 aliphatic carbocycles. The normalized spacial score (nSPS) is 11.3. The minimum absolute atomic E-state index is 0. The van der Waals surface area contributed by atoms with Gasteiger partial charge in [0.1, 0.15) is 0 Å². The molecule has 19 heavy (non-hydrogen) atoms. The molecule has 0 aromatic heterocycles. The van der Waals surface area contributed by atoms with E-state index in [0.29, 0.717) is 23.1 Å². The molecule has 0 aliphatic rings. The number of benzene rings is 1. The molecule has 8 heteroatoms. The van der Waals surface area contributed by atoms with Gasteiger partial charge in [-0.2, -0.15) is 0 Å². The molecule has 0 saturated heterocycles. The first-order chi connectivity index (χ1) is 8.45. The summed E-state index contributed by atoms with van der Waals surface area (Å²) in [5.41, 5.74) is 5.75. The van der Waals surface area contributed by atoms with Gasteiger partial charge in [-0.25, -0.2) is 0 Å². The van der Waals surface area contributed by atoms with E-state index in [-0.39, 0.29) is 29.9 Å². The van der Waals surface area contributed by atoms with Crippen molar-refractivity contribution in [1.82, 2.24) is 5.32 Å². The number of hydrogen-bond donors (Lipinski definition) is 2. The van der Waals surface area contributed by atoms with Crippen molar-refractivity contribution >= 4 is 39.9 Å². The molecule has 1 aromatic rings. The predicted octanol–water partition coefficient (Wildman–Crippen LogP) is 2.10. The molecular weight excluding hydrogens is 337 g/mol.